The number of halogens is 2. The number of thiocarbonyl (C=S) groups is 1. The fraction of sp³-hybridized carbons (Fsp3) is 0.0625. The SMILES string of the molecule is NC(=S)c1cccc2c1ccn2Cc1cc(F)cc(Br)c1. The second kappa shape index (κ2) is 5.58. The van der Waals surface area contributed by atoms with Crippen LogP contribution in [0.5, 0.6) is 0 Å². The van der Waals surface area contributed by atoms with Gasteiger partial charge in [0, 0.05) is 33.7 Å². The number of hydrogen-bond donors (Lipinski definition) is 1. The predicted molar refractivity (Wildman–Crippen MR) is 91.0 cm³/mol. The van der Waals surface area contributed by atoms with E-state index in [4.69, 9.17) is 18.0 Å². The van der Waals surface area contributed by atoms with Gasteiger partial charge in [-0.05, 0) is 35.9 Å². The number of fused-ring (bicyclic) bond motifs is 1. The zero-order valence-corrected chi connectivity index (χ0v) is 13.4. The van der Waals surface area contributed by atoms with Crippen molar-refractivity contribution in [1.29, 1.82) is 0 Å². The molecule has 5 heteroatoms. The van der Waals surface area contributed by atoms with Crippen LogP contribution in [0.4, 0.5) is 4.39 Å². The fourth-order valence-electron chi connectivity index (χ4n) is 2.48. The van der Waals surface area contributed by atoms with Gasteiger partial charge < -0.3 is 10.3 Å². The van der Waals surface area contributed by atoms with Gasteiger partial charge in [0.25, 0.3) is 0 Å². The van der Waals surface area contributed by atoms with E-state index in [0.29, 0.717) is 11.5 Å². The minimum atomic E-state index is -0.250. The first-order valence-electron chi connectivity index (χ1n) is 6.37. The molecule has 1 heterocycles. The third kappa shape index (κ3) is 2.84. The number of hydrogen-bond acceptors (Lipinski definition) is 1. The number of aromatic nitrogens is 1. The molecule has 0 aliphatic carbocycles. The molecule has 3 rings (SSSR count). The van der Waals surface area contributed by atoms with Crippen LogP contribution in [0.15, 0.2) is 53.1 Å². The lowest BCUT2D eigenvalue weighted by atomic mass is 10.1. The molecule has 0 atom stereocenters. The fourth-order valence-corrected chi connectivity index (χ4v) is 3.17. The smallest absolute Gasteiger partial charge is 0.124 e. The highest BCUT2D eigenvalue weighted by Gasteiger charge is 2.08. The van der Waals surface area contributed by atoms with Crippen LogP contribution in [0.1, 0.15) is 11.1 Å². The molecule has 0 amide bonds. The van der Waals surface area contributed by atoms with Crippen molar-refractivity contribution in [1.82, 2.24) is 4.57 Å². The molecule has 2 aromatic carbocycles. The van der Waals surface area contributed by atoms with Crippen LogP contribution in [0.3, 0.4) is 0 Å². The Bertz CT molecular complexity index is 821. The summed E-state index contributed by atoms with van der Waals surface area (Å²) in [6.45, 7) is 0.584. The van der Waals surface area contributed by atoms with E-state index in [1.165, 1.54) is 12.1 Å². The molecule has 3 aromatic rings. The Morgan fingerprint density at radius 3 is 2.76 bits per heavy atom. The Labute approximate surface area is 135 Å². The van der Waals surface area contributed by atoms with Crippen molar-refractivity contribution in [2.45, 2.75) is 6.54 Å². The average Bonchev–Trinajstić information content (AvgIpc) is 2.80. The summed E-state index contributed by atoms with van der Waals surface area (Å²) in [5.74, 6) is -0.250. The molecule has 0 aliphatic rings. The van der Waals surface area contributed by atoms with Crippen molar-refractivity contribution in [3.8, 4) is 0 Å². The topological polar surface area (TPSA) is 30.9 Å². The summed E-state index contributed by atoms with van der Waals surface area (Å²) in [7, 11) is 0. The van der Waals surface area contributed by atoms with E-state index in [-0.39, 0.29) is 5.82 Å². The summed E-state index contributed by atoms with van der Waals surface area (Å²) in [6.07, 6.45) is 1.96. The standard InChI is InChI=1S/C16H12BrFN2S/c17-11-6-10(7-12(18)8-11)9-20-5-4-13-14(16(19)21)2-1-3-15(13)20/h1-8H,9H2,(H2,19,21). The summed E-state index contributed by atoms with van der Waals surface area (Å²) in [6, 6.07) is 12.7. The lowest BCUT2D eigenvalue weighted by Gasteiger charge is -2.08. The van der Waals surface area contributed by atoms with Crippen molar-refractivity contribution < 1.29 is 4.39 Å². The van der Waals surface area contributed by atoms with Gasteiger partial charge in [-0.3, -0.25) is 0 Å². The van der Waals surface area contributed by atoms with Gasteiger partial charge in [-0.25, -0.2) is 4.39 Å². The number of rotatable bonds is 3. The summed E-state index contributed by atoms with van der Waals surface area (Å²) in [5.41, 5.74) is 8.53. The highest BCUT2D eigenvalue weighted by molar-refractivity contribution is 9.10. The maximum absolute atomic E-state index is 13.5. The number of nitrogens with zero attached hydrogens (tertiary/aromatic N) is 1. The lowest BCUT2D eigenvalue weighted by molar-refractivity contribution is 0.623. The molecule has 0 unspecified atom stereocenters. The van der Waals surface area contributed by atoms with Crippen LogP contribution in [-0.2, 0) is 6.54 Å². The van der Waals surface area contributed by atoms with E-state index >= 15 is 0 Å². The van der Waals surface area contributed by atoms with Crippen molar-refractivity contribution in [3.63, 3.8) is 0 Å². The second-order valence-electron chi connectivity index (χ2n) is 4.82. The summed E-state index contributed by atoms with van der Waals surface area (Å²) >= 11 is 8.39. The van der Waals surface area contributed by atoms with Crippen LogP contribution >= 0.6 is 28.1 Å². The molecule has 2 N–H and O–H groups in total. The highest BCUT2D eigenvalue weighted by Crippen LogP contribution is 2.22. The predicted octanol–water partition coefficient (Wildman–Crippen LogP) is 4.23. The average molecular weight is 363 g/mol. The maximum atomic E-state index is 13.5. The van der Waals surface area contributed by atoms with Gasteiger partial charge in [0.2, 0.25) is 0 Å². The first-order chi connectivity index (χ1) is 10.0. The zero-order valence-electron chi connectivity index (χ0n) is 11.0. The summed E-state index contributed by atoms with van der Waals surface area (Å²) in [5, 5.41) is 1.01. The van der Waals surface area contributed by atoms with Crippen molar-refractivity contribution in [3.05, 3.63) is 70.1 Å². The zero-order chi connectivity index (χ0) is 15.0. The Hall–Kier alpha value is -1.72. The Kier molecular flexibility index (Phi) is 3.78. The van der Waals surface area contributed by atoms with Crippen molar-refractivity contribution in [2.75, 3.05) is 0 Å². The largest absolute Gasteiger partial charge is 0.389 e. The Morgan fingerprint density at radius 1 is 1.24 bits per heavy atom. The maximum Gasteiger partial charge on any atom is 0.124 e. The minimum Gasteiger partial charge on any atom is -0.389 e. The van der Waals surface area contributed by atoms with Crippen LogP contribution in [0.25, 0.3) is 10.9 Å². The first kappa shape index (κ1) is 14.2. The second-order valence-corrected chi connectivity index (χ2v) is 6.18. The minimum absolute atomic E-state index is 0.250. The van der Waals surface area contributed by atoms with Crippen LogP contribution < -0.4 is 5.73 Å². The number of nitrogens with two attached hydrogens (primary N) is 1. The van der Waals surface area contributed by atoms with Crippen LogP contribution in [0.2, 0.25) is 0 Å². The molecule has 21 heavy (non-hydrogen) atoms. The van der Waals surface area contributed by atoms with Crippen molar-refractivity contribution >= 4 is 44.0 Å². The van der Waals surface area contributed by atoms with Crippen LogP contribution in [-0.4, -0.2) is 9.56 Å². The van der Waals surface area contributed by atoms with E-state index in [9.17, 15) is 4.39 Å². The lowest BCUT2D eigenvalue weighted by Crippen LogP contribution is -2.09. The van der Waals surface area contributed by atoms with Gasteiger partial charge in [-0.15, -0.1) is 0 Å². The third-order valence-electron chi connectivity index (χ3n) is 3.35. The molecule has 0 aliphatic heterocycles. The molecule has 0 bridgehead atoms. The molecule has 0 saturated heterocycles. The molecule has 0 radical (unpaired) electrons. The summed E-state index contributed by atoms with van der Waals surface area (Å²) < 4.78 is 16.3. The molecular weight excluding hydrogens is 351 g/mol. The molecule has 0 fully saturated rings. The van der Waals surface area contributed by atoms with Gasteiger partial charge in [0.1, 0.15) is 10.8 Å². The summed E-state index contributed by atoms with van der Waals surface area (Å²) in [4.78, 5) is 0.381. The van der Waals surface area contributed by atoms with Crippen LogP contribution in [0, 0.1) is 5.82 Å². The van der Waals surface area contributed by atoms with E-state index < -0.39 is 0 Å². The molecule has 106 valence electrons. The van der Waals surface area contributed by atoms with E-state index in [2.05, 4.69) is 20.5 Å². The molecular formula is C16H12BrFN2S. The highest BCUT2D eigenvalue weighted by atomic mass is 79.9. The Morgan fingerprint density at radius 2 is 2.05 bits per heavy atom. The van der Waals surface area contributed by atoms with Gasteiger partial charge in [-0.1, -0.05) is 40.3 Å². The molecule has 2 nitrogen and oxygen atoms in total. The Balaban J connectivity index is 2.05. The monoisotopic (exact) mass is 362 g/mol. The third-order valence-corrected chi connectivity index (χ3v) is 4.03. The van der Waals surface area contributed by atoms with E-state index in [1.54, 1.807) is 0 Å². The first-order valence-corrected chi connectivity index (χ1v) is 7.57. The quantitative estimate of drug-likeness (QED) is 0.707. The van der Waals surface area contributed by atoms with Gasteiger partial charge in [-0.2, -0.15) is 0 Å². The molecule has 0 saturated carbocycles. The van der Waals surface area contributed by atoms with Gasteiger partial charge in [0.05, 0.1) is 0 Å². The molecule has 1 aromatic heterocycles. The van der Waals surface area contributed by atoms with E-state index in [1.807, 2.05) is 36.5 Å². The number of benzene rings is 2. The van der Waals surface area contributed by atoms with E-state index in [0.717, 1.165) is 26.5 Å². The normalized spacial score (nSPS) is 11.0. The molecule has 0 spiro atoms. The van der Waals surface area contributed by atoms with Gasteiger partial charge in [0.15, 0.2) is 0 Å². The van der Waals surface area contributed by atoms with Gasteiger partial charge >= 0.3 is 0 Å². The van der Waals surface area contributed by atoms with Crippen molar-refractivity contribution in [2.24, 2.45) is 5.73 Å².